The Morgan fingerprint density at radius 1 is 1.00 bits per heavy atom. The SMILES string of the molecule is CC(OC(=O)c1ccc2c(c1)C(=O)N(C)C2=O)C(=O)NC(C)c1ccc(Cl)cc1Cl. The number of ether oxygens (including phenoxy) is 1. The molecule has 2 aromatic rings. The second-order valence-electron chi connectivity index (χ2n) is 6.87. The molecule has 1 heterocycles. The van der Waals surface area contributed by atoms with Crippen LogP contribution in [0.3, 0.4) is 0 Å². The van der Waals surface area contributed by atoms with Crippen LogP contribution in [0.25, 0.3) is 0 Å². The van der Waals surface area contributed by atoms with Crippen molar-refractivity contribution >= 4 is 46.9 Å². The van der Waals surface area contributed by atoms with Crippen molar-refractivity contribution in [3.8, 4) is 0 Å². The molecule has 0 radical (unpaired) electrons. The number of esters is 1. The molecular weight excluding hydrogens is 431 g/mol. The molecule has 2 atom stereocenters. The predicted octanol–water partition coefficient (Wildman–Crippen LogP) is 3.64. The lowest BCUT2D eigenvalue weighted by molar-refractivity contribution is -0.129. The molecule has 3 rings (SSSR count). The summed E-state index contributed by atoms with van der Waals surface area (Å²) in [5, 5.41) is 3.61. The van der Waals surface area contributed by atoms with Gasteiger partial charge < -0.3 is 10.1 Å². The van der Waals surface area contributed by atoms with E-state index in [0.717, 1.165) is 4.90 Å². The van der Waals surface area contributed by atoms with Gasteiger partial charge in [0, 0.05) is 17.1 Å². The number of carbonyl (C=O) groups excluding carboxylic acids is 4. The highest BCUT2D eigenvalue weighted by Crippen LogP contribution is 2.26. The van der Waals surface area contributed by atoms with Gasteiger partial charge in [-0.1, -0.05) is 29.3 Å². The molecule has 0 aromatic heterocycles. The van der Waals surface area contributed by atoms with Crippen molar-refractivity contribution in [2.75, 3.05) is 7.05 Å². The highest BCUT2D eigenvalue weighted by molar-refractivity contribution is 6.35. The van der Waals surface area contributed by atoms with Gasteiger partial charge in [0.25, 0.3) is 17.7 Å². The van der Waals surface area contributed by atoms with E-state index in [1.165, 1.54) is 32.2 Å². The fraction of sp³-hybridized carbons (Fsp3) is 0.238. The Morgan fingerprint density at radius 3 is 2.33 bits per heavy atom. The van der Waals surface area contributed by atoms with Crippen LogP contribution in [0.2, 0.25) is 10.0 Å². The second kappa shape index (κ2) is 8.45. The van der Waals surface area contributed by atoms with Crippen molar-refractivity contribution in [1.29, 1.82) is 0 Å². The number of halogens is 2. The van der Waals surface area contributed by atoms with Gasteiger partial charge in [-0.15, -0.1) is 0 Å². The van der Waals surface area contributed by atoms with E-state index in [9.17, 15) is 19.2 Å². The van der Waals surface area contributed by atoms with Crippen molar-refractivity contribution in [3.63, 3.8) is 0 Å². The zero-order valence-electron chi connectivity index (χ0n) is 16.4. The van der Waals surface area contributed by atoms with E-state index in [1.807, 2.05) is 0 Å². The quantitative estimate of drug-likeness (QED) is 0.556. The first-order valence-electron chi connectivity index (χ1n) is 9.03. The van der Waals surface area contributed by atoms with Crippen LogP contribution in [0.5, 0.6) is 0 Å². The molecule has 0 fully saturated rings. The second-order valence-corrected chi connectivity index (χ2v) is 7.72. The average Bonchev–Trinajstić information content (AvgIpc) is 2.91. The zero-order chi connectivity index (χ0) is 22.2. The van der Waals surface area contributed by atoms with E-state index in [0.29, 0.717) is 15.6 Å². The van der Waals surface area contributed by atoms with Gasteiger partial charge in [-0.25, -0.2) is 4.79 Å². The summed E-state index contributed by atoms with van der Waals surface area (Å²) in [5.41, 5.74) is 1.08. The van der Waals surface area contributed by atoms with Crippen molar-refractivity contribution in [3.05, 3.63) is 68.7 Å². The molecule has 0 spiro atoms. The van der Waals surface area contributed by atoms with E-state index in [1.54, 1.807) is 25.1 Å². The molecule has 156 valence electrons. The largest absolute Gasteiger partial charge is 0.449 e. The van der Waals surface area contributed by atoms with Crippen molar-refractivity contribution in [2.24, 2.45) is 0 Å². The third kappa shape index (κ3) is 4.17. The molecule has 0 aliphatic carbocycles. The van der Waals surface area contributed by atoms with Gasteiger partial charge in [-0.05, 0) is 49.7 Å². The Hall–Kier alpha value is -2.90. The van der Waals surface area contributed by atoms with Gasteiger partial charge in [-0.2, -0.15) is 0 Å². The fourth-order valence-electron chi connectivity index (χ4n) is 3.03. The van der Waals surface area contributed by atoms with Gasteiger partial charge in [0.2, 0.25) is 0 Å². The number of hydrogen-bond acceptors (Lipinski definition) is 5. The summed E-state index contributed by atoms with van der Waals surface area (Å²) in [6.07, 6.45) is -1.10. The van der Waals surface area contributed by atoms with Gasteiger partial charge in [-0.3, -0.25) is 19.3 Å². The molecule has 7 nitrogen and oxygen atoms in total. The van der Waals surface area contributed by atoms with Crippen LogP contribution in [0.15, 0.2) is 36.4 Å². The van der Waals surface area contributed by atoms with Gasteiger partial charge >= 0.3 is 5.97 Å². The molecule has 2 unspecified atom stereocenters. The number of rotatable bonds is 5. The van der Waals surface area contributed by atoms with Crippen LogP contribution >= 0.6 is 23.2 Å². The molecule has 0 saturated heterocycles. The van der Waals surface area contributed by atoms with E-state index in [2.05, 4.69) is 5.32 Å². The Morgan fingerprint density at radius 2 is 1.67 bits per heavy atom. The van der Waals surface area contributed by atoms with Crippen molar-refractivity contribution < 1.29 is 23.9 Å². The lowest BCUT2D eigenvalue weighted by atomic mass is 10.1. The highest BCUT2D eigenvalue weighted by Gasteiger charge is 2.33. The maximum absolute atomic E-state index is 12.4. The van der Waals surface area contributed by atoms with Crippen LogP contribution in [0.4, 0.5) is 0 Å². The lowest BCUT2D eigenvalue weighted by Crippen LogP contribution is -2.37. The number of nitrogens with zero attached hydrogens (tertiary/aromatic N) is 1. The number of benzene rings is 2. The lowest BCUT2D eigenvalue weighted by Gasteiger charge is -2.19. The average molecular weight is 449 g/mol. The first kappa shape index (κ1) is 21.8. The Labute approximate surface area is 182 Å². The third-order valence-corrected chi connectivity index (χ3v) is 5.33. The summed E-state index contributed by atoms with van der Waals surface area (Å²) in [6, 6.07) is 8.56. The first-order chi connectivity index (χ1) is 14.1. The zero-order valence-corrected chi connectivity index (χ0v) is 17.9. The molecule has 1 N–H and O–H groups in total. The predicted molar refractivity (Wildman–Crippen MR) is 111 cm³/mol. The number of carbonyl (C=O) groups is 4. The normalized spacial score (nSPS) is 14.9. The smallest absolute Gasteiger partial charge is 0.338 e. The summed E-state index contributed by atoms with van der Waals surface area (Å²) in [5.74, 6) is -2.23. The van der Waals surface area contributed by atoms with Crippen LogP contribution in [-0.2, 0) is 9.53 Å². The van der Waals surface area contributed by atoms with Gasteiger partial charge in [0.15, 0.2) is 6.10 Å². The molecule has 1 aliphatic heterocycles. The number of hydrogen-bond donors (Lipinski definition) is 1. The maximum atomic E-state index is 12.4. The number of imide groups is 1. The summed E-state index contributed by atoms with van der Waals surface area (Å²) in [7, 11) is 1.36. The fourth-order valence-corrected chi connectivity index (χ4v) is 3.60. The first-order valence-corrected chi connectivity index (χ1v) is 9.78. The summed E-state index contributed by atoms with van der Waals surface area (Å²) in [6.45, 7) is 3.17. The van der Waals surface area contributed by atoms with Crippen LogP contribution in [-0.4, -0.2) is 41.7 Å². The minimum Gasteiger partial charge on any atom is -0.449 e. The minimum absolute atomic E-state index is 0.0682. The Bertz CT molecular complexity index is 1070. The molecule has 2 aromatic carbocycles. The monoisotopic (exact) mass is 448 g/mol. The standard InChI is InChI=1S/C21H18Cl2N2O5/c1-10(14-7-5-13(22)9-17(14)23)24-18(26)11(2)30-21(29)12-4-6-15-16(8-12)20(28)25(3)19(15)27/h4-11H,1-3H3,(H,24,26). The van der Waals surface area contributed by atoms with E-state index >= 15 is 0 Å². The Balaban J connectivity index is 1.66. The number of amides is 3. The van der Waals surface area contributed by atoms with E-state index in [4.69, 9.17) is 27.9 Å². The molecular formula is C21H18Cl2N2O5. The van der Waals surface area contributed by atoms with Crippen LogP contribution in [0, 0.1) is 0 Å². The molecule has 30 heavy (non-hydrogen) atoms. The number of fused-ring (bicyclic) bond motifs is 1. The molecule has 3 amide bonds. The Kier molecular flexibility index (Phi) is 6.14. The summed E-state index contributed by atoms with van der Waals surface area (Å²) >= 11 is 12.0. The van der Waals surface area contributed by atoms with Crippen molar-refractivity contribution in [2.45, 2.75) is 26.0 Å². The highest BCUT2D eigenvalue weighted by atomic mass is 35.5. The molecule has 9 heteroatoms. The van der Waals surface area contributed by atoms with Gasteiger partial charge in [0.1, 0.15) is 0 Å². The minimum atomic E-state index is -1.10. The molecule has 0 bridgehead atoms. The number of nitrogens with one attached hydrogen (secondary N) is 1. The maximum Gasteiger partial charge on any atom is 0.338 e. The summed E-state index contributed by atoms with van der Waals surface area (Å²) < 4.78 is 5.22. The van der Waals surface area contributed by atoms with E-state index < -0.39 is 35.8 Å². The third-order valence-electron chi connectivity index (χ3n) is 4.77. The van der Waals surface area contributed by atoms with Crippen LogP contribution in [0.1, 0.15) is 56.5 Å². The van der Waals surface area contributed by atoms with Gasteiger partial charge in [0.05, 0.1) is 22.7 Å². The summed E-state index contributed by atoms with van der Waals surface area (Å²) in [4.78, 5) is 49.9. The van der Waals surface area contributed by atoms with Crippen molar-refractivity contribution in [1.82, 2.24) is 10.2 Å². The topological polar surface area (TPSA) is 92.8 Å². The molecule has 1 aliphatic rings. The van der Waals surface area contributed by atoms with Crippen LogP contribution < -0.4 is 5.32 Å². The van der Waals surface area contributed by atoms with E-state index in [-0.39, 0.29) is 16.7 Å². The molecule has 0 saturated carbocycles.